The van der Waals surface area contributed by atoms with E-state index >= 15 is 0 Å². The van der Waals surface area contributed by atoms with Gasteiger partial charge in [0.15, 0.2) is 12.2 Å². The third kappa shape index (κ3) is 16.3. The van der Waals surface area contributed by atoms with Gasteiger partial charge in [-0.05, 0) is 49.4 Å². The van der Waals surface area contributed by atoms with Crippen LogP contribution in [0.2, 0.25) is 0 Å². The average Bonchev–Trinajstić information content (AvgIpc) is 3.04. The number of aliphatic carboxylic acids is 2. The monoisotopic (exact) mass is 645 g/mol. The molecule has 0 radical (unpaired) electrons. The molecule has 0 aliphatic carbocycles. The zero-order valence-electron chi connectivity index (χ0n) is 26.4. The molecule has 4 aromatic rings. The van der Waals surface area contributed by atoms with E-state index in [9.17, 15) is 19.5 Å². The third-order valence-corrected chi connectivity index (χ3v) is 6.77. The molecule has 3 atom stereocenters. The fourth-order valence-corrected chi connectivity index (χ4v) is 3.96. The number of carboxylic acids is 2. The number of rotatable bonds is 11. The minimum Gasteiger partial charge on any atom is -0.480 e. The maximum Gasteiger partial charge on any atom is 0.335 e. The quantitative estimate of drug-likeness (QED) is 0.138. The van der Waals surface area contributed by atoms with Gasteiger partial charge in [-0.2, -0.15) is 0 Å². The molecule has 0 bridgehead atoms. The number of hydrogen-bond donors (Lipinski definition) is 5. The van der Waals surface area contributed by atoms with E-state index in [2.05, 4.69) is 0 Å². The van der Waals surface area contributed by atoms with Crippen LogP contribution < -0.4 is 5.73 Å². The summed E-state index contributed by atoms with van der Waals surface area (Å²) >= 11 is 0. The number of carbonyl (C=O) groups excluding carboxylic acids is 1. The fourth-order valence-electron chi connectivity index (χ4n) is 3.96. The number of aryl methyl sites for hydroxylation is 3. The number of aliphatic hydroxyl groups is 2. The Morgan fingerprint density at radius 2 is 0.957 bits per heavy atom. The van der Waals surface area contributed by atoms with Gasteiger partial charge in [0.05, 0.1) is 0 Å². The SMILES string of the molecule is C.Cc1ccc(C[C@@H](N)C(=O)O)cc1.Cc1ccc(C[C@@H](O)C(=O)O)cc1.Cc1ccc(C[C@@H](O)C(=O)OCc2ccccc2)cc1. The van der Waals surface area contributed by atoms with E-state index < -0.39 is 36.2 Å². The number of carboxylic acid groups (broad SMARTS) is 2. The number of carbonyl (C=O) groups is 3. The van der Waals surface area contributed by atoms with E-state index in [-0.39, 0.29) is 26.9 Å². The minimum atomic E-state index is -1.30. The lowest BCUT2D eigenvalue weighted by Gasteiger charge is -2.11. The van der Waals surface area contributed by atoms with Crippen LogP contribution >= 0.6 is 0 Å². The number of esters is 1. The molecule has 0 aliphatic heterocycles. The molecule has 0 fully saturated rings. The maximum absolute atomic E-state index is 11.7. The van der Waals surface area contributed by atoms with Crippen LogP contribution in [0.25, 0.3) is 0 Å². The van der Waals surface area contributed by atoms with Crippen molar-refractivity contribution in [2.75, 3.05) is 0 Å². The molecule has 0 aromatic heterocycles. The normalized spacial score (nSPS) is 12.0. The first-order valence-electron chi connectivity index (χ1n) is 14.8. The first kappa shape index (κ1) is 40.2. The van der Waals surface area contributed by atoms with Crippen molar-refractivity contribution in [3.05, 3.63) is 142 Å². The summed E-state index contributed by atoms with van der Waals surface area (Å²) in [5, 5.41) is 35.9. The van der Waals surface area contributed by atoms with Crippen LogP contribution in [0, 0.1) is 20.8 Å². The number of aliphatic hydroxyl groups excluding tert-OH is 2. The molecule has 0 spiro atoms. The van der Waals surface area contributed by atoms with Crippen molar-refractivity contribution in [3.63, 3.8) is 0 Å². The molecule has 0 heterocycles. The third-order valence-electron chi connectivity index (χ3n) is 6.77. The molecule has 0 saturated heterocycles. The van der Waals surface area contributed by atoms with Gasteiger partial charge >= 0.3 is 17.9 Å². The number of hydrogen-bond acceptors (Lipinski definition) is 7. The summed E-state index contributed by atoms with van der Waals surface area (Å²) in [6.45, 7) is 6.12. The lowest BCUT2D eigenvalue weighted by molar-refractivity contribution is -0.154. The van der Waals surface area contributed by atoms with Crippen molar-refractivity contribution in [1.82, 2.24) is 0 Å². The molecule has 9 heteroatoms. The Labute approximate surface area is 277 Å². The second-order valence-electron chi connectivity index (χ2n) is 11.0. The summed E-state index contributed by atoms with van der Waals surface area (Å²) in [5.74, 6) is -2.73. The average molecular weight is 646 g/mol. The Morgan fingerprint density at radius 1 is 0.574 bits per heavy atom. The highest BCUT2D eigenvalue weighted by atomic mass is 16.5. The second-order valence-corrected chi connectivity index (χ2v) is 11.0. The summed E-state index contributed by atoms with van der Waals surface area (Å²) in [5.41, 5.74) is 12.4. The summed E-state index contributed by atoms with van der Waals surface area (Å²) in [4.78, 5) is 32.5. The lowest BCUT2D eigenvalue weighted by atomic mass is 10.1. The van der Waals surface area contributed by atoms with Gasteiger partial charge < -0.3 is 30.9 Å². The predicted octanol–water partition coefficient (Wildman–Crippen LogP) is 5.21. The van der Waals surface area contributed by atoms with Crippen LogP contribution in [0.15, 0.2) is 103 Å². The highest BCUT2D eigenvalue weighted by Crippen LogP contribution is 2.09. The van der Waals surface area contributed by atoms with Crippen molar-refractivity contribution in [2.45, 2.75) is 72.3 Å². The zero-order valence-corrected chi connectivity index (χ0v) is 26.4. The van der Waals surface area contributed by atoms with Crippen LogP contribution in [0.5, 0.6) is 0 Å². The smallest absolute Gasteiger partial charge is 0.335 e. The summed E-state index contributed by atoms with van der Waals surface area (Å²) in [7, 11) is 0. The van der Waals surface area contributed by atoms with Crippen molar-refractivity contribution in [1.29, 1.82) is 0 Å². The van der Waals surface area contributed by atoms with E-state index in [4.69, 9.17) is 25.8 Å². The summed E-state index contributed by atoms with van der Waals surface area (Å²) in [6.07, 6.45) is -1.61. The molecule has 0 amide bonds. The topological polar surface area (TPSA) is 167 Å². The Morgan fingerprint density at radius 3 is 1.34 bits per heavy atom. The highest BCUT2D eigenvalue weighted by molar-refractivity contribution is 5.75. The van der Waals surface area contributed by atoms with Crippen LogP contribution in [-0.2, 0) is 45.0 Å². The molecular formula is C38H47NO8. The van der Waals surface area contributed by atoms with E-state index in [1.54, 1.807) is 0 Å². The number of ether oxygens (including phenoxy) is 1. The molecule has 4 rings (SSSR count). The molecule has 47 heavy (non-hydrogen) atoms. The van der Waals surface area contributed by atoms with Crippen molar-refractivity contribution >= 4 is 17.9 Å². The molecular weight excluding hydrogens is 598 g/mol. The molecule has 0 saturated carbocycles. The lowest BCUT2D eigenvalue weighted by Crippen LogP contribution is -2.32. The summed E-state index contributed by atoms with van der Waals surface area (Å²) in [6, 6.07) is 31.5. The van der Waals surface area contributed by atoms with Crippen LogP contribution in [0.1, 0.15) is 46.4 Å². The molecule has 0 aliphatic rings. The Kier molecular flexibility index (Phi) is 18.0. The standard InChI is InChI=1S/C17H18O3.C10H13NO2.C10H12O3.CH4/c1-13-7-9-14(10-8-13)11-16(18)17(19)20-12-15-5-3-2-4-6-15;2*1-7-2-4-8(5-3-7)6-9(11)10(12)13;/h2-10,16,18H,11-12H2,1H3;2-5,9H,6,11H2,1H3,(H,12,13);2-5,9,11H,6H2,1H3,(H,12,13);1H4/t16-;2*9-;/m111./s1. The summed E-state index contributed by atoms with van der Waals surface area (Å²) < 4.78 is 5.10. The van der Waals surface area contributed by atoms with E-state index in [1.165, 1.54) is 0 Å². The van der Waals surface area contributed by atoms with Crippen LogP contribution in [-0.4, -0.2) is 56.6 Å². The molecule has 0 unspecified atom stereocenters. The number of benzene rings is 4. The maximum atomic E-state index is 11.7. The molecule has 6 N–H and O–H groups in total. The van der Waals surface area contributed by atoms with Gasteiger partial charge in [0.25, 0.3) is 0 Å². The van der Waals surface area contributed by atoms with Crippen molar-refractivity contribution in [3.8, 4) is 0 Å². The van der Waals surface area contributed by atoms with Gasteiger partial charge in [-0.15, -0.1) is 0 Å². The first-order valence-corrected chi connectivity index (χ1v) is 14.8. The van der Waals surface area contributed by atoms with Crippen LogP contribution in [0.3, 0.4) is 0 Å². The van der Waals surface area contributed by atoms with E-state index in [1.807, 2.05) is 124 Å². The van der Waals surface area contributed by atoms with Crippen molar-refractivity contribution < 1.29 is 39.5 Å². The zero-order chi connectivity index (χ0) is 34.1. The molecule has 4 aromatic carbocycles. The van der Waals surface area contributed by atoms with Gasteiger partial charge in [0.2, 0.25) is 0 Å². The van der Waals surface area contributed by atoms with Gasteiger partial charge in [-0.25, -0.2) is 9.59 Å². The largest absolute Gasteiger partial charge is 0.480 e. The highest BCUT2D eigenvalue weighted by Gasteiger charge is 2.17. The predicted molar refractivity (Wildman–Crippen MR) is 183 cm³/mol. The fraction of sp³-hybridized carbons (Fsp3) is 0.289. The van der Waals surface area contributed by atoms with Gasteiger partial charge in [-0.1, -0.05) is 127 Å². The minimum absolute atomic E-state index is 0. The van der Waals surface area contributed by atoms with Gasteiger partial charge in [0, 0.05) is 12.8 Å². The Bertz CT molecular complexity index is 1420. The number of nitrogens with two attached hydrogens (primary N) is 1. The van der Waals surface area contributed by atoms with E-state index in [0.717, 1.165) is 38.9 Å². The van der Waals surface area contributed by atoms with Gasteiger partial charge in [-0.3, -0.25) is 4.79 Å². The first-order chi connectivity index (χ1) is 21.8. The Hall–Kier alpha value is -4.83. The Balaban J connectivity index is 0.000000362. The molecule has 252 valence electrons. The second kappa shape index (κ2) is 21.1. The van der Waals surface area contributed by atoms with Gasteiger partial charge in [0.1, 0.15) is 12.6 Å². The molecule has 9 nitrogen and oxygen atoms in total. The van der Waals surface area contributed by atoms with Crippen molar-refractivity contribution in [2.24, 2.45) is 5.73 Å². The van der Waals surface area contributed by atoms with E-state index in [0.29, 0.717) is 6.42 Å². The van der Waals surface area contributed by atoms with Crippen LogP contribution in [0.4, 0.5) is 0 Å².